The van der Waals surface area contributed by atoms with Crippen LogP contribution in [0.5, 0.6) is 0 Å². The number of hydrogen-bond acceptors (Lipinski definition) is 3. The maximum Gasteiger partial charge on any atom is 0.328 e. The lowest BCUT2D eigenvalue weighted by Gasteiger charge is -2.33. The largest absolute Gasteiger partial charge is 0.480 e. The van der Waals surface area contributed by atoms with E-state index in [4.69, 9.17) is 5.11 Å². The lowest BCUT2D eigenvalue weighted by atomic mass is 10.0. The van der Waals surface area contributed by atoms with Crippen molar-refractivity contribution < 1.29 is 19.5 Å². The summed E-state index contributed by atoms with van der Waals surface area (Å²) in [5, 5.41) is 14.3. The minimum atomic E-state index is -1.10. The Morgan fingerprint density at radius 3 is 2.75 bits per heavy atom. The van der Waals surface area contributed by atoms with Crippen LogP contribution in [0.1, 0.15) is 32.6 Å². The topological polar surface area (TPSA) is 98.7 Å². The van der Waals surface area contributed by atoms with Gasteiger partial charge in [-0.05, 0) is 24.7 Å². The first-order valence-corrected chi connectivity index (χ1v) is 7.01. The van der Waals surface area contributed by atoms with E-state index in [1.54, 1.807) is 0 Å². The van der Waals surface area contributed by atoms with Gasteiger partial charge in [-0.25, -0.2) is 9.59 Å². The number of piperazine rings is 1. The van der Waals surface area contributed by atoms with Gasteiger partial charge in [0.15, 0.2) is 0 Å². The van der Waals surface area contributed by atoms with E-state index in [1.807, 2.05) is 0 Å². The molecule has 2 fully saturated rings. The van der Waals surface area contributed by atoms with Gasteiger partial charge in [-0.2, -0.15) is 0 Å². The van der Waals surface area contributed by atoms with Crippen LogP contribution in [-0.4, -0.2) is 53.6 Å². The van der Waals surface area contributed by atoms with Crippen LogP contribution < -0.4 is 10.6 Å². The molecule has 0 bridgehead atoms. The van der Waals surface area contributed by atoms with Crippen molar-refractivity contribution in [1.29, 1.82) is 0 Å². The summed E-state index contributed by atoms with van der Waals surface area (Å²) >= 11 is 0. The van der Waals surface area contributed by atoms with Crippen LogP contribution in [0.3, 0.4) is 0 Å². The zero-order valence-electron chi connectivity index (χ0n) is 11.6. The summed E-state index contributed by atoms with van der Waals surface area (Å²) in [7, 11) is 0. The van der Waals surface area contributed by atoms with Crippen LogP contribution >= 0.6 is 0 Å². The highest BCUT2D eigenvalue weighted by Crippen LogP contribution is 2.48. The van der Waals surface area contributed by atoms with Crippen molar-refractivity contribution in [2.75, 3.05) is 19.6 Å². The number of hydrogen-bond donors (Lipinski definition) is 3. The van der Waals surface area contributed by atoms with Crippen molar-refractivity contribution in [3.63, 3.8) is 0 Å². The molecule has 1 saturated heterocycles. The van der Waals surface area contributed by atoms with Gasteiger partial charge in [0, 0.05) is 13.1 Å². The van der Waals surface area contributed by atoms with E-state index in [-0.39, 0.29) is 24.4 Å². The SMILES string of the molecule is CCCC1(CNC(=O)N2CC(=O)NCC2C(=O)O)CC1. The first-order valence-electron chi connectivity index (χ1n) is 7.01. The van der Waals surface area contributed by atoms with Crippen LogP contribution in [0.2, 0.25) is 0 Å². The van der Waals surface area contributed by atoms with Crippen molar-refractivity contribution >= 4 is 17.9 Å². The Morgan fingerprint density at radius 2 is 2.20 bits per heavy atom. The molecule has 1 unspecified atom stereocenters. The molecular formula is C13H21N3O4. The maximum atomic E-state index is 12.1. The first-order chi connectivity index (χ1) is 9.47. The summed E-state index contributed by atoms with van der Waals surface area (Å²) in [6.07, 6.45) is 4.34. The zero-order chi connectivity index (χ0) is 14.8. The Balaban J connectivity index is 1.92. The van der Waals surface area contributed by atoms with E-state index < -0.39 is 18.0 Å². The summed E-state index contributed by atoms with van der Waals surface area (Å²) in [5.41, 5.74) is 0.196. The van der Waals surface area contributed by atoms with Crippen LogP contribution in [0.25, 0.3) is 0 Å². The van der Waals surface area contributed by atoms with Gasteiger partial charge in [-0.15, -0.1) is 0 Å². The molecule has 112 valence electrons. The monoisotopic (exact) mass is 283 g/mol. The third-order valence-corrected chi connectivity index (χ3v) is 4.08. The Kier molecular flexibility index (Phi) is 4.15. The average Bonchev–Trinajstić information content (AvgIpc) is 3.16. The summed E-state index contributed by atoms with van der Waals surface area (Å²) in [6.45, 7) is 2.42. The molecule has 2 rings (SSSR count). The van der Waals surface area contributed by atoms with Gasteiger partial charge in [0.25, 0.3) is 0 Å². The fourth-order valence-corrected chi connectivity index (χ4v) is 2.66. The molecule has 0 aromatic rings. The van der Waals surface area contributed by atoms with Gasteiger partial charge < -0.3 is 15.7 Å². The maximum absolute atomic E-state index is 12.1. The second-order valence-corrected chi connectivity index (χ2v) is 5.69. The number of urea groups is 1. The Hall–Kier alpha value is -1.79. The van der Waals surface area contributed by atoms with Gasteiger partial charge in [0.1, 0.15) is 12.6 Å². The van der Waals surface area contributed by atoms with Gasteiger partial charge in [-0.3, -0.25) is 9.69 Å². The third kappa shape index (κ3) is 3.20. The average molecular weight is 283 g/mol. The van der Waals surface area contributed by atoms with E-state index in [9.17, 15) is 14.4 Å². The van der Waals surface area contributed by atoms with Crippen molar-refractivity contribution in [2.24, 2.45) is 5.41 Å². The molecule has 7 heteroatoms. The van der Waals surface area contributed by atoms with Crippen LogP contribution in [0.15, 0.2) is 0 Å². The summed E-state index contributed by atoms with van der Waals surface area (Å²) in [4.78, 5) is 35.7. The quantitative estimate of drug-likeness (QED) is 0.669. The number of nitrogens with one attached hydrogen (secondary N) is 2. The highest BCUT2D eigenvalue weighted by molar-refractivity contribution is 5.90. The van der Waals surface area contributed by atoms with Crippen LogP contribution in [-0.2, 0) is 9.59 Å². The predicted molar refractivity (Wildman–Crippen MR) is 71.1 cm³/mol. The van der Waals surface area contributed by atoms with Crippen LogP contribution in [0.4, 0.5) is 4.79 Å². The molecule has 0 aromatic carbocycles. The lowest BCUT2D eigenvalue weighted by molar-refractivity contribution is -0.144. The molecule has 3 amide bonds. The summed E-state index contributed by atoms with van der Waals surface area (Å²) < 4.78 is 0. The Labute approximate surface area is 117 Å². The number of nitrogens with zero attached hydrogens (tertiary/aromatic N) is 1. The van der Waals surface area contributed by atoms with E-state index >= 15 is 0 Å². The Morgan fingerprint density at radius 1 is 1.50 bits per heavy atom. The molecule has 2 aliphatic rings. The molecule has 1 heterocycles. The Bertz CT molecular complexity index is 420. The van der Waals surface area contributed by atoms with Crippen molar-refractivity contribution in [2.45, 2.75) is 38.6 Å². The number of rotatable bonds is 5. The second kappa shape index (κ2) is 5.68. The minimum absolute atomic E-state index is 0.0400. The second-order valence-electron chi connectivity index (χ2n) is 5.69. The number of carbonyl (C=O) groups excluding carboxylic acids is 2. The van der Waals surface area contributed by atoms with Gasteiger partial charge in [-0.1, -0.05) is 13.3 Å². The normalized spacial score (nSPS) is 23.9. The molecule has 3 N–H and O–H groups in total. The molecule has 0 spiro atoms. The predicted octanol–water partition coefficient (Wildman–Crippen LogP) is 0.161. The van der Waals surface area contributed by atoms with Crippen molar-refractivity contribution in [3.05, 3.63) is 0 Å². The molecule has 1 aliphatic heterocycles. The molecule has 0 aromatic heterocycles. The van der Waals surface area contributed by atoms with E-state index in [0.29, 0.717) is 6.54 Å². The molecule has 20 heavy (non-hydrogen) atoms. The first kappa shape index (κ1) is 14.6. The third-order valence-electron chi connectivity index (χ3n) is 4.08. The number of amides is 3. The van der Waals surface area contributed by atoms with E-state index in [0.717, 1.165) is 30.6 Å². The fraction of sp³-hybridized carbons (Fsp3) is 0.769. The van der Waals surface area contributed by atoms with Crippen molar-refractivity contribution in [1.82, 2.24) is 15.5 Å². The molecule has 7 nitrogen and oxygen atoms in total. The number of carboxylic acid groups (broad SMARTS) is 1. The number of carbonyl (C=O) groups is 3. The van der Waals surface area contributed by atoms with Gasteiger partial charge in [0.2, 0.25) is 5.91 Å². The lowest BCUT2D eigenvalue weighted by Crippen LogP contribution is -2.61. The standard InChI is InChI=1S/C13H21N3O4/c1-2-3-13(4-5-13)8-15-12(20)16-7-10(17)14-6-9(16)11(18)19/h9H,2-8H2,1H3,(H,14,17)(H,15,20)(H,18,19). The zero-order valence-corrected chi connectivity index (χ0v) is 11.6. The molecule has 0 radical (unpaired) electrons. The van der Waals surface area contributed by atoms with E-state index in [1.165, 1.54) is 0 Å². The molecule has 1 saturated carbocycles. The summed E-state index contributed by atoms with van der Waals surface area (Å²) in [5.74, 6) is -1.43. The number of carboxylic acids is 1. The highest BCUT2D eigenvalue weighted by Gasteiger charge is 2.42. The molecule has 1 aliphatic carbocycles. The van der Waals surface area contributed by atoms with Crippen LogP contribution in [0, 0.1) is 5.41 Å². The smallest absolute Gasteiger partial charge is 0.328 e. The minimum Gasteiger partial charge on any atom is -0.480 e. The number of aliphatic carboxylic acids is 1. The highest BCUT2D eigenvalue weighted by atomic mass is 16.4. The molecule has 1 atom stereocenters. The van der Waals surface area contributed by atoms with Gasteiger partial charge in [0.05, 0.1) is 0 Å². The summed E-state index contributed by atoms with van der Waals surface area (Å²) in [6, 6.07) is -1.45. The fourth-order valence-electron chi connectivity index (χ4n) is 2.66. The molecular weight excluding hydrogens is 262 g/mol. The van der Waals surface area contributed by atoms with Crippen molar-refractivity contribution in [3.8, 4) is 0 Å². The van der Waals surface area contributed by atoms with Gasteiger partial charge >= 0.3 is 12.0 Å². The van der Waals surface area contributed by atoms with E-state index in [2.05, 4.69) is 17.6 Å².